The van der Waals surface area contributed by atoms with Crippen molar-refractivity contribution in [3.63, 3.8) is 0 Å². The monoisotopic (exact) mass is 257 g/mol. The highest BCUT2D eigenvalue weighted by Crippen LogP contribution is 2.22. The first-order valence-electron chi connectivity index (χ1n) is 4.94. The number of carbonyl (C=O) groups excluding carboxylic acids is 1. The summed E-state index contributed by atoms with van der Waals surface area (Å²) >= 11 is 0. The smallest absolute Gasteiger partial charge is 0.347 e. The molecule has 0 saturated heterocycles. The SMILES string of the molecule is COCC(Oc1cccc(F)c1C(N)=O)C(=O)O. The molecular formula is C11H12FNO5. The molecule has 18 heavy (non-hydrogen) atoms. The zero-order valence-corrected chi connectivity index (χ0v) is 9.55. The fourth-order valence-electron chi connectivity index (χ4n) is 1.30. The van der Waals surface area contributed by atoms with E-state index in [9.17, 15) is 14.0 Å². The number of methoxy groups -OCH3 is 1. The van der Waals surface area contributed by atoms with Crippen molar-refractivity contribution in [2.75, 3.05) is 13.7 Å². The van der Waals surface area contributed by atoms with Gasteiger partial charge in [0.25, 0.3) is 5.91 Å². The molecule has 0 aliphatic carbocycles. The Morgan fingerprint density at radius 2 is 2.17 bits per heavy atom. The van der Waals surface area contributed by atoms with Crippen LogP contribution in [0, 0.1) is 5.82 Å². The third-order valence-electron chi connectivity index (χ3n) is 2.08. The van der Waals surface area contributed by atoms with E-state index in [0.717, 1.165) is 6.07 Å². The molecule has 1 amide bonds. The number of carboxylic acids is 1. The molecule has 1 unspecified atom stereocenters. The number of ether oxygens (including phenoxy) is 2. The van der Waals surface area contributed by atoms with Crippen molar-refractivity contribution < 1.29 is 28.6 Å². The van der Waals surface area contributed by atoms with Crippen molar-refractivity contribution in [2.24, 2.45) is 5.73 Å². The Labute approximate surface area is 102 Å². The van der Waals surface area contributed by atoms with Gasteiger partial charge >= 0.3 is 5.97 Å². The number of hydrogen-bond donors (Lipinski definition) is 2. The molecule has 98 valence electrons. The summed E-state index contributed by atoms with van der Waals surface area (Å²) in [5.74, 6) is -3.44. The maximum absolute atomic E-state index is 13.4. The summed E-state index contributed by atoms with van der Waals surface area (Å²) in [4.78, 5) is 21.9. The maximum Gasteiger partial charge on any atom is 0.347 e. The van der Waals surface area contributed by atoms with E-state index < -0.39 is 29.4 Å². The molecule has 0 fully saturated rings. The van der Waals surface area contributed by atoms with E-state index >= 15 is 0 Å². The second-order valence-corrected chi connectivity index (χ2v) is 3.38. The Balaban J connectivity index is 3.06. The molecule has 3 N–H and O–H groups in total. The van der Waals surface area contributed by atoms with Gasteiger partial charge in [0.05, 0.1) is 6.61 Å². The average molecular weight is 257 g/mol. The van der Waals surface area contributed by atoms with Gasteiger partial charge in [-0.3, -0.25) is 4.79 Å². The minimum Gasteiger partial charge on any atom is -0.478 e. The van der Waals surface area contributed by atoms with Crippen LogP contribution in [0.2, 0.25) is 0 Å². The lowest BCUT2D eigenvalue weighted by Crippen LogP contribution is -2.32. The molecule has 6 nitrogen and oxygen atoms in total. The third kappa shape index (κ3) is 3.17. The second kappa shape index (κ2) is 5.97. The van der Waals surface area contributed by atoms with Crippen molar-refractivity contribution in [3.05, 3.63) is 29.6 Å². The predicted molar refractivity (Wildman–Crippen MR) is 58.8 cm³/mol. The Hall–Kier alpha value is -2.15. The van der Waals surface area contributed by atoms with Gasteiger partial charge in [0.15, 0.2) is 0 Å². The minimum absolute atomic E-state index is 0.230. The summed E-state index contributed by atoms with van der Waals surface area (Å²) in [5, 5.41) is 8.85. The molecule has 1 atom stereocenters. The van der Waals surface area contributed by atoms with Crippen LogP contribution in [-0.2, 0) is 9.53 Å². The first-order chi connectivity index (χ1) is 8.47. The fraction of sp³-hybridized carbons (Fsp3) is 0.273. The van der Waals surface area contributed by atoms with E-state index in [-0.39, 0.29) is 12.4 Å². The summed E-state index contributed by atoms with van der Waals surface area (Å²) in [6.07, 6.45) is -1.35. The van der Waals surface area contributed by atoms with Crippen LogP contribution in [0.1, 0.15) is 10.4 Å². The zero-order valence-electron chi connectivity index (χ0n) is 9.55. The van der Waals surface area contributed by atoms with Crippen molar-refractivity contribution >= 4 is 11.9 Å². The van der Waals surface area contributed by atoms with Crippen molar-refractivity contribution in [1.82, 2.24) is 0 Å². The van der Waals surface area contributed by atoms with Gasteiger partial charge in [0, 0.05) is 7.11 Å². The van der Waals surface area contributed by atoms with E-state index in [1.54, 1.807) is 0 Å². The number of hydrogen-bond acceptors (Lipinski definition) is 4. The Morgan fingerprint density at radius 1 is 1.50 bits per heavy atom. The van der Waals surface area contributed by atoms with Crippen LogP contribution in [0.5, 0.6) is 5.75 Å². The van der Waals surface area contributed by atoms with Crippen molar-refractivity contribution in [1.29, 1.82) is 0 Å². The average Bonchev–Trinajstić information content (AvgIpc) is 2.27. The molecule has 0 heterocycles. The molecule has 1 aromatic carbocycles. The molecule has 0 saturated carbocycles. The summed E-state index contributed by atoms with van der Waals surface area (Å²) in [6.45, 7) is -0.246. The summed E-state index contributed by atoms with van der Waals surface area (Å²) in [7, 11) is 1.29. The Bertz CT molecular complexity index is 463. The quantitative estimate of drug-likeness (QED) is 0.768. The predicted octanol–water partition coefficient (Wildman–Crippen LogP) is 0.403. The molecule has 1 rings (SSSR count). The summed E-state index contributed by atoms with van der Waals surface area (Å²) in [5.41, 5.74) is 4.52. The van der Waals surface area contributed by atoms with Crippen molar-refractivity contribution in [2.45, 2.75) is 6.10 Å². The summed E-state index contributed by atoms with van der Waals surface area (Å²) in [6, 6.07) is 3.57. The number of carboxylic acid groups (broad SMARTS) is 1. The van der Waals surface area contributed by atoms with Crippen LogP contribution in [0.25, 0.3) is 0 Å². The van der Waals surface area contributed by atoms with E-state index in [1.807, 2.05) is 0 Å². The third-order valence-corrected chi connectivity index (χ3v) is 2.08. The Kier molecular flexibility index (Phi) is 4.61. The van der Waals surface area contributed by atoms with Crippen LogP contribution >= 0.6 is 0 Å². The molecule has 0 spiro atoms. The van der Waals surface area contributed by atoms with Crippen LogP contribution < -0.4 is 10.5 Å². The number of halogens is 1. The van der Waals surface area contributed by atoms with E-state index in [1.165, 1.54) is 19.2 Å². The standard InChI is InChI=1S/C11H12FNO5/c1-17-5-8(11(15)16)18-7-4-2-3-6(12)9(7)10(13)14/h2-4,8H,5H2,1H3,(H2,13,14)(H,15,16). The largest absolute Gasteiger partial charge is 0.478 e. The molecule has 1 aromatic rings. The molecule has 0 aliphatic heterocycles. The summed E-state index contributed by atoms with van der Waals surface area (Å²) < 4.78 is 23.1. The van der Waals surface area contributed by atoms with Gasteiger partial charge in [-0.2, -0.15) is 0 Å². The topological polar surface area (TPSA) is 98.9 Å². The van der Waals surface area contributed by atoms with Gasteiger partial charge < -0.3 is 20.3 Å². The maximum atomic E-state index is 13.4. The Morgan fingerprint density at radius 3 is 2.67 bits per heavy atom. The highest BCUT2D eigenvalue weighted by Gasteiger charge is 2.23. The normalized spacial score (nSPS) is 11.9. The molecular weight excluding hydrogens is 245 g/mol. The van der Waals surface area contributed by atoms with E-state index in [2.05, 4.69) is 4.74 Å². The molecule has 7 heteroatoms. The first-order valence-corrected chi connectivity index (χ1v) is 4.94. The highest BCUT2D eigenvalue weighted by atomic mass is 19.1. The van der Waals surface area contributed by atoms with Gasteiger partial charge in [0.2, 0.25) is 6.10 Å². The zero-order chi connectivity index (χ0) is 13.7. The fourth-order valence-corrected chi connectivity index (χ4v) is 1.30. The lowest BCUT2D eigenvalue weighted by Gasteiger charge is -2.16. The number of benzene rings is 1. The van der Waals surface area contributed by atoms with Crippen LogP contribution in [0.15, 0.2) is 18.2 Å². The number of nitrogens with two attached hydrogens (primary N) is 1. The molecule has 0 aliphatic rings. The van der Waals surface area contributed by atoms with Gasteiger partial charge in [-0.05, 0) is 12.1 Å². The van der Waals surface area contributed by atoms with Gasteiger partial charge in [-0.25, -0.2) is 9.18 Å². The number of carbonyl (C=O) groups is 2. The number of aliphatic carboxylic acids is 1. The second-order valence-electron chi connectivity index (χ2n) is 3.38. The molecule has 0 bridgehead atoms. The van der Waals surface area contributed by atoms with Crippen LogP contribution in [0.3, 0.4) is 0 Å². The van der Waals surface area contributed by atoms with E-state index in [0.29, 0.717) is 0 Å². The van der Waals surface area contributed by atoms with Gasteiger partial charge in [-0.1, -0.05) is 6.07 Å². The molecule has 0 radical (unpaired) electrons. The van der Waals surface area contributed by atoms with Gasteiger partial charge in [-0.15, -0.1) is 0 Å². The number of rotatable bonds is 6. The number of amides is 1. The first kappa shape index (κ1) is 13.9. The molecule has 0 aromatic heterocycles. The minimum atomic E-state index is -1.35. The van der Waals surface area contributed by atoms with Crippen molar-refractivity contribution in [3.8, 4) is 5.75 Å². The highest BCUT2D eigenvalue weighted by molar-refractivity contribution is 5.96. The van der Waals surface area contributed by atoms with Gasteiger partial charge in [0.1, 0.15) is 17.1 Å². The van der Waals surface area contributed by atoms with Crippen LogP contribution in [-0.4, -0.2) is 36.8 Å². The van der Waals surface area contributed by atoms with E-state index in [4.69, 9.17) is 15.6 Å². The number of primary amides is 1. The lowest BCUT2D eigenvalue weighted by atomic mass is 10.1. The lowest BCUT2D eigenvalue weighted by molar-refractivity contribution is -0.147. The van der Waals surface area contributed by atoms with Crippen LogP contribution in [0.4, 0.5) is 4.39 Å².